The normalized spacial score (nSPS) is 16.0. The van der Waals surface area contributed by atoms with Gasteiger partial charge in [-0.2, -0.15) is 17.5 Å². The number of alkyl halides is 3. The summed E-state index contributed by atoms with van der Waals surface area (Å²) in [6.45, 7) is 0.427. The molecule has 32 heavy (non-hydrogen) atoms. The molecule has 1 atom stereocenters. The van der Waals surface area contributed by atoms with Gasteiger partial charge in [0, 0.05) is 25.2 Å². The highest BCUT2D eigenvalue weighted by atomic mass is 32.2. The Kier molecular flexibility index (Phi) is 7.42. The quantitative estimate of drug-likeness (QED) is 0.616. The molecule has 2 aromatic rings. The Labute approximate surface area is 183 Å². The van der Waals surface area contributed by atoms with Crippen molar-refractivity contribution in [3.63, 3.8) is 0 Å². The van der Waals surface area contributed by atoms with E-state index in [0.29, 0.717) is 13.1 Å². The largest absolute Gasteiger partial charge is 0.491 e. The lowest BCUT2D eigenvalue weighted by Gasteiger charge is -2.16. The van der Waals surface area contributed by atoms with Crippen LogP contribution in [-0.2, 0) is 16.2 Å². The van der Waals surface area contributed by atoms with Crippen LogP contribution in [0.1, 0.15) is 28.8 Å². The lowest BCUT2D eigenvalue weighted by molar-refractivity contribution is -0.137. The van der Waals surface area contributed by atoms with Crippen molar-refractivity contribution in [2.24, 2.45) is 0 Å². The van der Waals surface area contributed by atoms with E-state index in [0.717, 1.165) is 25.0 Å². The Hall–Kier alpha value is -2.63. The van der Waals surface area contributed by atoms with Gasteiger partial charge in [0.1, 0.15) is 18.5 Å². The maximum Gasteiger partial charge on any atom is 0.416 e. The van der Waals surface area contributed by atoms with Crippen LogP contribution < -0.4 is 10.1 Å². The van der Waals surface area contributed by atoms with Crippen LogP contribution in [0.3, 0.4) is 0 Å². The van der Waals surface area contributed by atoms with Gasteiger partial charge in [0.15, 0.2) is 0 Å². The van der Waals surface area contributed by atoms with E-state index in [-0.39, 0.29) is 29.4 Å². The Balaban J connectivity index is 1.50. The zero-order chi connectivity index (χ0) is 23.4. The van der Waals surface area contributed by atoms with Crippen molar-refractivity contribution >= 4 is 15.9 Å². The van der Waals surface area contributed by atoms with E-state index in [1.54, 1.807) is 0 Å². The minimum absolute atomic E-state index is 0.0556. The smallest absolute Gasteiger partial charge is 0.416 e. The van der Waals surface area contributed by atoms with Crippen molar-refractivity contribution in [3.8, 4) is 5.75 Å². The average Bonchev–Trinajstić information content (AvgIpc) is 3.32. The van der Waals surface area contributed by atoms with Crippen LogP contribution in [0.4, 0.5) is 13.2 Å². The van der Waals surface area contributed by atoms with E-state index in [2.05, 4.69) is 5.32 Å². The van der Waals surface area contributed by atoms with Crippen LogP contribution >= 0.6 is 0 Å². The SMILES string of the molecule is O=C(NCC(O)COc1cccc(C(F)(F)F)c1)c1ccc(S(=O)(=O)N2CCCC2)cc1. The third-order valence-corrected chi connectivity index (χ3v) is 6.83. The first-order chi connectivity index (χ1) is 15.1. The highest BCUT2D eigenvalue weighted by Crippen LogP contribution is 2.31. The maximum atomic E-state index is 12.7. The molecule has 0 aromatic heterocycles. The van der Waals surface area contributed by atoms with E-state index < -0.39 is 33.8 Å². The number of hydrogen-bond acceptors (Lipinski definition) is 5. The molecule has 1 amide bonds. The number of carbonyl (C=O) groups excluding carboxylic acids is 1. The van der Waals surface area contributed by atoms with E-state index in [4.69, 9.17) is 4.74 Å². The third kappa shape index (κ3) is 5.99. The summed E-state index contributed by atoms with van der Waals surface area (Å²) in [6.07, 6.45) is -4.03. The molecule has 11 heteroatoms. The first-order valence-electron chi connectivity index (χ1n) is 9.94. The van der Waals surface area contributed by atoms with Crippen molar-refractivity contribution in [2.75, 3.05) is 26.2 Å². The van der Waals surface area contributed by atoms with Gasteiger partial charge in [-0.3, -0.25) is 4.79 Å². The number of sulfonamides is 1. The molecule has 0 saturated carbocycles. The summed E-state index contributed by atoms with van der Waals surface area (Å²) in [5.74, 6) is -0.590. The zero-order valence-corrected chi connectivity index (χ0v) is 17.8. The molecule has 1 fully saturated rings. The van der Waals surface area contributed by atoms with Gasteiger partial charge in [-0.1, -0.05) is 6.07 Å². The Morgan fingerprint density at radius 3 is 2.41 bits per heavy atom. The maximum absolute atomic E-state index is 12.7. The molecule has 2 N–H and O–H groups in total. The van der Waals surface area contributed by atoms with E-state index in [9.17, 15) is 31.5 Å². The number of rotatable bonds is 8. The molecule has 0 aliphatic carbocycles. The highest BCUT2D eigenvalue weighted by Gasteiger charge is 2.30. The number of ether oxygens (including phenoxy) is 1. The molecule has 0 spiro atoms. The Morgan fingerprint density at radius 1 is 1.12 bits per heavy atom. The molecule has 0 radical (unpaired) electrons. The molecule has 1 aliphatic heterocycles. The van der Waals surface area contributed by atoms with Crippen molar-refractivity contribution in [2.45, 2.75) is 30.0 Å². The number of aliphatic hydroxyl groups excluding tert-OH is 1. The number of halogens is 3. The number of hydrogen-bond donors (Lipinski definition) is 2. The van der Waals surface area contributed by atoms with Crippen molar-refractivity contribution < 1.29 is 36.2 Å². The summed E-state index contributed by atoms with van der Waals surface area (Å²) >= 11 is 0. The van der Waals surface area contributed by atoms with Gasteiger partial charge in [-0.05, 0) is 55.3 Å². The first-order valence-corrected chi connectivity index (χ1v) is 11.4. The predicted octanol–water partition coefficient (Wildman–Crippen LogP) is 2.66. The Bertz CT molecular complexity index is 1040. The van der Waals surface area contributed by atoms with Crippen LogP contribution in [0.15, 0.2) is 53.4 Å². The second-order valence-electron chi connectivity index (χ2n) is 7.34. The van der Waals surface area contributed by atoms with Crippen molar-refractivity contribution in [3.05, 3.63) is 59.7 Å². The molecule has 7 nitrogen and oxygen atoms in total. The molecule has 1 unspecified atom stereocenters. The second kappa shape index (κ2) is 9.88. The molecular weight excluding hydrogens is 449 g/mol. The average molecular weight is 472 g/mol. The van der Waals surface area contributed by atoms with Crippen molar-refractivity contribution in [1.82, 2.24) is 9.62 Å². The number of benzene rings is 2. The number of nitrogens with one attached hydrogen (secondary N) is 1. The lowest BCUT2D eigenvalue weighted by atomic mass is 10.2. The fourth-order valence-electron chi connectivity index (χ4n) is 3.18. The van der Waals surface area contributed by atoms with E-state index >= 15 is 0 Å². The monoisotopic (exact) mass is 472 g/mol. The molecule has 0 bridgehead atoms. The van der Waals surface area contributed by atoms with Crippen LogP contribution in [0.5, 0.6) is 5.75 Å². The standard InChI is InChI=1S/C21H23F3N2O5S/c22-21(23,24)16-4-3-5-18(12-16)31-14-17(27)13-25-20(28)15-6-8-19(9-7-15)32(29,30)26-10-1-2-11-26/h3-9,12,17,27H,1-2,10-11,13-14H2,(H,25,28). The van der Waals surface area contributed by atoms with E-state index in [1.165, 1.54) is 40.7 Å². The van der Waals surface area contributed by atoms with Gasteiger partial charge in [-0.25, -0.2) is 8.42 Å². The van der Waals surface area contributed by atoms with Gasteiger partial charge in [0.2, 0.25) is 10.0 Å². The number of carbonyl (C=O) groups is 1. The van der Waals surface area contributed by atoms with Gasteiger partial charge >= 0.3 is 6.18 Å². The summed E-state index contributed by atoms with van der Waals surface area (Å²) < 4.78 is 69.8. The van der Waals surface area contributed by atoms with E-state index in [1.807, 2.05) is 0 Å². The molecule has 174 valence electrons. The molecule has 1 heterocycles. The van der Waals surface area contributed by atoms with Crippen LogP contribution in [0.25, 0.3) is 0 Å². The Morgan fingerprint density at radius 2 is 1.78 bits per heavy atom. The summed E-state index contributed by atoms with van der Waals surface area (Å²) in [5, 5.41) is 12.4. The lowest BCUT2D eigenvalue weighted by Crippen LogP contribution is -2.35. The minimum atomic E-state index is -4.50. The highest BCUT2D eigenvalue weighted by molar-refractivity contribution is 7.89. The summed E-state index contributed by atoms with van der Waals surface area (Å²) in [6, 6.07) is 9.73. The third-order valence-electron chi connectivity index (χ3n) is 4.92. The first kappa shape index (κ1) is 24.0. The number of amides is 1. The summed E-state index contributed by atoms with van der Waals surface area (Å²) in [5.41, 5.74) is -0.663. The summed E-state index contributed by atoms with van der Waals surface area (Å²) in [4.78, 5) is 12.3. The second-order valence-corrected chi connectivity index (χ2v) is 9.27. The molecule has 1 saturated heterocycles. The minimum Gasteiger partial charge on any atom is -0.491 e. The van der Waals surface area contributed by atoms with Crippen LogP contribution in [0, 0.1) is 0 Å². The van der Waals surface area contributed by atoms with Gasteiger partial charge in [-0.15, -0.1) is 0 Å². The fraction of sp³-hybridized carbons (Fsp3) is 0.381. The van der Waals surface area contributed by atoms with Crippen molar-refractivity contribution in [1.29, 1.82) is 0 Å². The zero-order valence-electron chi connectivity index (χ0n) is 17.0. The molecule has 3 rings (SSSR count). The summed E-state index contributed by atoms with van der Waals surface area (Å²) in [7, 11) is -3.58. The predicted molar refractivity (Wildman–Crippen MR) is 110 cm³/mol. The molecule has 2 aromatic carbocycles. The van der Waals surface area contributed by atoms with Crippen LogP contribution in [0.2, 0.25) is 0 Å². The fourth-order valence-corrected chi connectivity index (χ4v) is 4.70. The van der Waals surface area contributed by atoms with Gasteiger partial charge < -0.3 is 15.2 Å². The molecule has 1 aliphatic rings. The van der Waals surface area contributed by atoms with Gasteiger partial charge in [0.25, 0.3) is 5.91 Å². The molecular formula is C21H23F3N2O5S. The van der Waals surface area contributed by atoms with Gasteiger partial charge in [0.05, 0.1) is 10.5 Å². The number of aliphatic hydroxyl groups is 1. The topological polar surface area (TPSA) is 95.9 Å². The number of nitrogens with zero attached hydrogens (tertiary/aromatic N) is 1. The van der Waals surface area contributed by atoms with Crippen LogP contribution in [-0.4, -0.2) is 56.1 Å².